The summed E-state index contributed by atoms with van der Waals surface area (Å²) in [5.74, 6) is -1.38. The van der Waals surface area contributed by atoms with E-state index in [0.717, 1.165) is 40.9 Å². The molecule has 4 aliphatic heterocycles. The molecule has 0 aliphatic carbocycles. The van der Waals surface area contributed by atoms with E-state index in [-0.39, 0.29) is 50.1 Å². The van der Waals surface area contributed by atoms with Crippen molar-refractivity contribution in [3.63, 3.8) is 0 Å². The molecule has 4 saturated heterocycles. The van der Waals surface area contributed by atoms with Crippen LogP contribution in [-0.4, -0.2) is 114 Å². The summed E-state index contributed by atoms with van der Waals surface area (Å²) in [5.41, 5.74) is 4.07. The first-order chi connectivity index (χ1) is 25.2. The summed E-state index contributed by atoms with van der Waals surface area (Å²) in [6.45, 7) is 15.6. The highest BCUT2D eigenvalue weighted by molar-refractivity contribution is 5.53. The van der Waals surface area contributed by atoms with Crippen LogP contribution >= 0.6 is 0 Å². The van der Waals surface area contributed by atoms with E-state index in [0.29, 0.717) is 12.8 Å². The number of ether oxygens (including phenoxy) is 6. The van der Waals surface area contributed by atoms with Gasteiger partial charge in [0.05, 0.1) is 46.0 Å². The average Bonchev–Trinajstić information content (AvgIpc) is 3.97. The first kappa shape index (κ1) is 36.2. The summed E-state index contributed by atoms with van der Waals surface area (Å²) < 4.78 is 54.7. The van der Waals surface area contributed by atoms with Gasteiger partial charge in [0.2, 0.25) is 1.43 Å². The van der Waals surface area contributed by atoms with Gasteiger partial charge in [0.1, 0.15) is 54.9 Å². The molecule has 3 N–H and O–H groups in total. The van der Waals surface area contributed by atoms with Gasteiger partial charge < -0.3 is 43.7 Å². The van der Waals surface area contributed by atoms with Gasteiger partial charge >= 0.3 is 0 Å². The van der Waals surface area contributed by atoms with Crippen LogP contribution in [0.4, 0.5) is 0 Å². The normalized spacial score (nSPS) is 33.3. The number of aromatic nitrogens is 6. The van der Waals surface area contributed by atoms with Crippen molar-refractivity contribution in [2.24, 2.45) is 0 Å². The zero-order valence-electron chi connectivity index (χ0n) is 33.2. The van der Waals surface area contributed by atoms with Gasteiger partial charge in [-0.25, -0.2) is 19.0 Å². The van der Waals surface area contributed by atoms with Gasteiger partial charge in [-0.3, -0.25) is 0 Å². The lowest BCUT2D eigenvalue weighted by Crippen LogP contribution is -2.45. The van der Waals surface area contributed by atoms with Crippen molar-refractivity contribution in [2.75, 3.05) is 20.8 Å². The molecule has 0 saturated carbocycles. The summed E-state index contributed by atoms with van der Waals surface area (Å²) in [6, 6.07) is 7.96. The Bertz CT molecular complexity index is 1700. The highest BCUT2D eigenvalue weighted by atomic mass is 16.8. The van der Waals surface area contributed by atoms with Crippen LogP contribution in [-0.2, 0) is 28.4 Å². The van der Waals surface area contributed by atoms with Crippen molar-refractivity contribution >= 4 is 11.0 Å². The molecule has 8 rings (SSSR count). The molecule has 51 heavy (non-hydrogen) atoms. The zero-order valence-corrected chi connectivity index (χ0v) is 31.2. The Hall–Kier alpha value is -3.12. The Balaban J connectivity index is 0.000000183. The fraction of sp³-hybridized carbons (Fsp3) is 0.667. The zero-order chi connectivity index (χ0) is 38.9. The number of fused-ring (bicyclic) bond motifs is 4. The maximum absolute atomic E-state index is 10.0. The van der Waals surface area contributed by atoms with E-state index in [1.54, 1.807) is 6.33 Å². The topological polar surface area (TPSA) is 176 Å². The monoisotopic (exact) mass is 717 g/mol. The van der Waals surface area contributed by atoms with Gasteiger partial charge in [-0.15, -0.1) is 0 Å². The second-order valence-electron chi connectivity index (χ2n) is 13.9. The quantitative estimate of drug-likeness (QED) is 0.272. The van der Waals surface area contributed by atoms with Crippen molar-refractivity contribution in [3.8, 4) is 0 Å². The van der Waals surface area contributed by atoms with Crippen LogP contribution in [0.25, 0.3) is 11.0 Å². The fourth-order valence-corrected chi connectivity index (χ4v) is 7.46. The van der Waals surface area contributed by atoms with Crippen molar-refractivity contribution < 1.29 is 45.1 Å². The van der Waals surface area contributed by atoms with Crippen LogP contribution in [0.15, 0.2) is 36.9 Å². The molecule has 4 aromatic heterocycles. The number of aliphatic hydroxyl groups excluding tert-OH is 3. The summed E-state index contributed by atoms with van der Waals surface area (Å²) >= 11 is 0. The second-order valence-corrected chi connectivity index (χ2v) is 13.9. The standard InChI is InChI=1S/C17H23N3O4.C17H23N3O3.2CH4O/c1-5-17(8-21)15-14(22-16(3,4)24-15)13(23-17)12-7-6-11-10(2)18-9-19-20(11)12;1-6-17(5)15-14(21-16(3,4)23-15)13(22-17)12-8-7-11-10(2)18-9-19-20(11)12;2*1-2/h6-7,9,13-15,21H,5,8H2,1-4H3;7-9,13-15H,6H2,1-5H3;2*2H,1H3/t13-,14-,15-,17-;13-,14-,15-,17+;;/m00../s1/i;5D;2T;. The highest BCUT2D eigenvalue weighted by Crippen LogP contribution is 2.52. The van der Waals surface area contributed by atoms with Gasteiger partial charge in [0, 0.05) is 15.6 Å². The van der Waals surface area contributed by atoms with Gasteiger partial charge in [-0.1, -0.05) is 13.8 Å². The maximum atomic E-state index is 10.0. The van der Waals surface area contributed by atoms with E-state index in [2.05, 4.69) is 25.3 Å². The summed E-state index contributed by atoms with van der Waals surface area (Å²) in [7, 11) is 2.29. The van der Waals surface area contributed by atoms with Gasteiger partial charge in [-0.05, 0) is 85.5 Å². The molecule has 15 nitrogen and oxygen atoms in total. The Kier molecular flexibility index (Phi) is 10.5. The molecule has 15 heteroatoms. The van der Waals surface area contributed by atoms with Crippen molar-refractivity contribution in [3.05, 3.63) is 59.7 Å². The molecule has 0 spiro atoms. The molecular formula is C36H54N6O9. The van der Waals surface area contributed by atoms with Gasteiger partial charge in [0.25, 0.3) is 0 Å². The summed E-state index contributed by atoms with van der Waals surface area (Å²) in [4.78, 5) is 8.47. The Morgan fingerprint density at radius 1 is 0.765 bits per heavy atom. The van der Waals surface area contributed by atoms with Crippen molar-refractivity contribution in [2.45, 2.75) is 135 Å². The van der Waals surface area contributed by atoms with Gasteiger partial charge in [0.15, 0.2) is 11.6 Å². The molecular weight excluding hydrogens is 660 g/mol. The maximum Gasteiger partial charge on any atom is 0.210 e. The lowest BCUT2D eigenvalue weighted by molar-refractivity contribution is -0.218. The molecule has 0 aromatic carbocycles. The van der Waals surface area contributed by atoms with E-state index >= 15 is 0 Å². The van der Waals surface area contributed by atoms with E-state index in [1.807, 2.05) is 88.7 Å². The number of rotatable bonds is 5. The Morgan fingerprint density at radius 3 is 1.69 bits per heavy atom. The number of hydrogen-bond donors (Lipinski definition) is 3. The van der Waals surface area contributed by atoms with Crippen LogP contribution in [0, 0.1) is 13.8 Å². The van der Waals surface area contributed by atoms with Crippen LogP contribution in [0.2, 0.25) is 0 Å². The predicted octanol–water partition coefficient (Wildman–Crippen LogP) is 3.79. The fourth-order valence-electron chi connectivity index (χ4n) is 7.46. The van der Waals surface area contributed by atoms with E-state index in [9.17, 15) is 5.11 Å². The number of nitrogens with zero attached hydrogens (tertiary/aromatic N) is 6. The number of aryl methyl sites for hydroxylation is 2. The predicted molar refractivity (Wildman–Crippen MR) is 186 cm³/mol. The molecule has 0 unspecified atom stereocenters. The van der Waals surface area contributed by atoms with Gasteiger partial charge in [-0.2, -0.15) is 10.2 Å². The Morgan fingerprint density at radius 2 is 1.24 bits per heavy atom. The minimum absolute atomic E-state index is 0.113. The molecule has 282 valence electrons. The third kappa shape index (κ3) is 6.80. The third-order valence-electron chi connectivity index (χ3n) is 10.0. The molecule has 4 aliphatic rings. The van der Waals surface area contributed by atoms with Crippen LogP contribution in [0.1, 0.15) is 97.6 Å². The molecule has 0 amide bonds. The minimum atomic E-state index is -0.769. The minimum Gasteiger partial charge on any atom is -0.400 e. The molecule has 8 atom stereocenters. The third-order valence-corrected chi connectivity index (χ3v) is 10.0. The van der Waals surface area contributed by atoms with E-state index in [1.165, 1.54) is 13.4 Å². The van der Waals surface area contributed by atoms with Crippen LogP contribution in [0.3, 0.4) is 0 Å². The lowest BCUT2D eigenvalue weighted by atomic mass is 9.92. The largest absolute Gasteiger partial charge is 0.400 e. The SMILES string of the molecule is CC[C@@]1(CO)O[C@@H](c2ccc3c(C)ncnn23)[C@@H]2OC(C)(C)O[C@@H]21.CO.[2H]C[C@]1(CC)O[C@@H](c2ccc3c(C)ncnn23)[C@@H]2OC(C)(C)O[C@@H]21.[3H]OC. The second kappa shape index (κ2) is 14.7. The smallest absolute Gasteiger partial charge is 0.210 e. The molecule has 0 radical (unpaired) electrons. The molecule has 0 bridgehead atoms. The average molecular weight is 718 g/mol. The first-order valence-corrected chi connectivity index (χ1v) is 17.2. The number of aliphatic hydroxyl groups is 3. The first-order valence-electron chi connectivity index (χ1n) is 18.3. The molecule has 8 heterocycles. The van der Waals surface area contributed by atoms with Crippen molar-refractivity contribution in [1.29, 1.82) is 1.43 Å². The highest BCUT2D eigenvalue weighted by Gasteiger charge is 2.63. The molecule has 4 aromatic rings. The van der Waals surface area contributed by atoms with E-state index in [4.69, 9.17) is 36.3 Å². The van der Waals surface area contributed by atoms with Crippen LogP contribution in [0.5, 0.6) is 0 Å². The van der Waals surface area contributed by atoms with Crippen LogP contribution < -0.4 is 0 Å². The summed E-state index contributed by atoms with van der Waals surface area (Å²) in [6.07, 6.45) is 2.62. The lowest BCUT2D eigenvalue weighted by Gasteiger charge is -2.32. The number of hydrogen-bond acceptors (Lipinski definition) is 13. The van der Waals surface area contributed by atoms with Crippen molar-refractivity contribution in [1.82, 2.24) is 29.2 Å². The van der Waals surface area contributed by atoms with E-state index < -0.39 is 22.8 Å². The molecule has 4 fully saturated rings. The Labute approximate surface area is 301 Å². The summed E-state index contributed by atoms with van der Waals surface area (Å²) in [5, 5.41) is 29.3.